The van der Waals surface area contributed by atoms with Crippen LogP contribution >= 0.6 is 0 Å². The first-order valence-electron chi connectivity index (χ1n) is 19.8. The van der Waals surface area contributed by atoms with Crippen LogP contribution < -0.4 is 0 Å². The van der Waals surface area contributed by atoms with Crippen molar-refractivity contribution >= 4 is 65.2 Å². The molecule has 0 bridgehead atoms. The minimum atomic E-state index is 0.810. The van der Waals surface area contributed by atoms with Gasteiger partial charge in [0, 0.05) is 27.3 Å². The molecule has 58 heavy (non-hydrogen) atoms. The monoisotopic (exact) mass is 738 g/mol. The number of fused-ring (bicyclic) bond motifs is 7. The molecule has 2 heterocycles. The third-order valence-corrected chi connectivity index (χ3v) is 11.9. The standard InChI is InChI=1S/C56H34O2/c1-3-16-36(17-4-1)50-43-22-9-11-24-45(43)51(46-25-12-10-23-44(46)50)38-28-30-39(31-29-38)53-55-47(42-21-13-14-26-49(42)57-55)34-48-52(37-18-5-2-6-19-37)54(58-56(48)53)41-32-27-35-15-7-8-20-40(35)33-41/h1-34H. The normalized spacial score (nSPS) is 11.8. The first kappa shape index (κ1) is 32.6. The zero-order valence-corrected chi connectivity index (χ0v) is 31.4. The first-order valence-corrected chi connectivity index (χ1v) is 19.8. The summed E-state index contributed by atoms with van der Waals surface area (Å²) < 4.78 is 14.0. The summed E-state index contributed by atoms with van der Waals surface area (Å²) in [5.74, 6) is 0.846. The fraction of sp³-hybridized carbons (Fsp3) is 0. The first-order chi connectivity index (χ1) is 28.8. The summed E-state index contributed by atoms with van der Waals surface area (Å²) in [6.45, 7) is 0. The summed E-state index contributed by atoms with van der Waals surface area (Å²) in [4.78, 5) is 0. The van der Waals surface area contributed by atoms with Crippen LogP contribution in [-0.2, 0) is 0 Å². The van der Waals surface area contributed by atoms with E-state index in [-0.39, 0.29) is 0 Å². The lowest BCUT2D eigenvalue weighted by Crippen LogP contribution is -1.91. The molecular formula is C56H34O2. The number of hydrogen-bond acceptors (Lipinski definition) is 2. The highest BCUT2D eigenvalue weighted by atomic mass is 16.3. The van der Waals surface area contributed by atoms with Gasteiger partial charge in [-0.1, -0.05) is 188 Å². The van der Waals surface area contributed by atoms with Gasteiger partial charge in [0.25, 0.3) is 0 Å². The van der Waals surface area contributed by atoms with Crippen molar-refractivity contribution in [2.75, 3.05) is 0 Å². The Balaban J connectivity index is 1.13. The Hall–Kier alpha value is -7.68. The summed E-state index contributed by atoms with van der Waals surface area (Å²) in [6, 6.07) is 73.7. The number of rotatable bonds is 5. The minimum absolute atomic E-state index is 0.810. The quantitative estimate of drug-likeness (QED) is 0.164. The zero-order valence-electron chi connectivity index (χ0n) is 31.4. The van der Waals surface area contributed by atoms with Gasteiger partial charge >= 0.3 is 0 Å². The van der Waals surface area contributed by atoms with E-state index in [1.165, 1.54) is 49.0 Å². The van der Waals surface area contributed by atoms with Gasteiger partial charge in [0.05, 0.1) is 5.56 Å². The molecule has 0 aliphatic rings. The molecular weight excluding hydrogens is 705 g/mol. The highest BCUT2D eigenvalue weighted by molar-refractivity contribution is 6.23. The molecule has 0 aliphatic heterocycles. The molecule has 0 N–H and O–H groups in total. The molecule has 0 aliphatic carbocycles. The van der Waals surface area contributed by atoms with Crippen LogP contribution in [0.2, 0.25) is 0 Å². The highest BCUT2D eigenvalue weighted by Gasteiger charge is 2.26. The second-order valence-corrected chi connectivity index (χ2v) is 15.1. The molecule has 0 saturated heterocycles. The van der Waals surface area contributed by atoms with E-state index in [4.69, 9.17) is 8.83 Å². The number of hydrogen-bond donors (Lipinski definition) is 0. The number of benzene rings is 10. The summed E-state index contributed by atoms with van der Waals surface area (Å²) in [5.41, 5.74) is 12.6. The molecule has 0 amide bonds. The second kappa shape index (κ2) is 12.9. The summed E-state index contributed by atoms with van der Waals surface area (Å²) in [5, 5.41) is 10.5. The van der Waals surface area contributed by atoms with E-state index in [2.05, 4.69) is 200 Å². The maximum Gasteiger partial charge on any atom is 0.147 e. The van der Waals surface area contributed by atoms with Crippen LogP contribution in [0.25, 0.3) is 121 Å². The second-order valence-electron chi connectivity index (χ2n) is 15.1. The van der Waals surface area contributed by atoms with Crippen LogP contribution in [0.4, 0.5) is 0 Å². The van der Waals surface area contributed by atoms with E-state index in [0.717, 1.165) is 72.0 Å². The molecule has 0 saturated carbocycles. The van der Waals surface area contributed by atoms with Gasteiger partial charge in [-0.2, -0.15) is 0 Å². The highest BCUT2D eigenvalue weighted by Crippen LogP contribution is 2.50. The van der Waals surface area contributed by atoms with Crippen molar-refractivity contribution in [2.45, 2.75) is 0 Å². The van der Waals surface area contributed by atoms with Gasteiger partial charge in [0.1, 0.15) is 22.5 Å². The summed E-state index contributed by atoms with van der Waals surface area (Å²) in [7, 11) is 0. The van der Waals surface area contributed by atoms with E-state index < -0.39 is 0 Å². The lowest BCUT2D eigenvalue weighted by Gasteiger charge is -2.18. The zero-order chi connectivity index (χ0) is 38.2. The average molecular weight is 739 g/mol. The molecule has 2 aromatic heterocycles. The van der Waals surface area contributed by atoms with Crippen molar-refractivity contribution < 1.29 is 8.83 Å². The predicted octanol–water partition coefficient (Wildman–Crippen LogP) is 16.1. The van der Waals surface area contributed by atoms with Crippen LogP contribution in [0, 0.1) is 0 Å². The molecule has 12 rings (SSSR count). The molecule has 0 fully saturated rings. The van der Waals surface area contributed by atoms with Crippen LogP contribution in [0.15, 0.2) is 215 Å². The van der Waals surface area contributed by atoms with Crippen molar-refractivity contribution in [3.63, 3.8) is 0 Å². The van der Waals surface area contributed by atoms with E-state index in [9.17, 15) is 0 Å². The largest absolute Gasteiger partial charge is 0.455 e. The van der Waals surface area contributed by atoms with Crippen molar-refractivity contribution in [2.24, 2.45) is 0 Å². The molecule has 2 heteroatoms. The summed E-state index contributed by atoms with van der Waals surface area (Å²) in [6.07, 6.45) is 0. The van der Waals surface area contributed by atoms with Gasteiger partial charge in [-0.3, -0.25) is 0 Å². The van der Waals surface area contributed by atoms with Crippen molar-refractivity contribution in [3.05, 3.63) is 206 Å². The van der Waals surface area contributed by atoms with Crippen molar-refractivity contribution in [3.8, 4) is 55.8 Å². The molecule has 0 atom stereocenters. The lowest BCUT2D eigenvalue weighted by atomic mass is 9.85. The summed E-state index contributed by atoms with van der Waals surface area (Å²) >= 11 is 0. The third-order valence-electron chi connectivity index (χ3n) is 11.9. The van der Waals surface area contributed by atoms with Gasteiger partial charge in [0.15, 0.2) is 0 Å². The minimum Gasteiger partial charge on any atom is -0.455 e. The van der Waals surface area contributed by atoms with Crippen LogP contribution in [0.1, 0.15) is 0 Å². The smallest absolute Gasteiger partial charge is 0.147 e. The number of para-hydroxylation sites is 1. The van der Waals surface area contributed by atoms with E-state index in [1.54, 1.807) is 0 Å². The van der Waals surface area contributed by atoms with Gasteiger partial charge in [0.2, 0.25) is 0 Å². The molecule has 270 valence electrons. The van der Waals surface area contributed by atoms with E-state index in [1.807, 2.05) is 6.07 Å². The third kappa shape index (κ3) is 4.99. The van der Waals surface area contributed by atoms with Crippen molar-refractivity contribution in [1.29, 1.82) is 0 Å². The van der Waals surface area contributed by atoms with E-state index >= 15 is 0 Å². The van der Waals surface area contributed by atoms with Gasteiger partial charge in [-0.05, 0) is 83.9 Å². The Labute approximate surface area is 334 Å². The van der Waals surface area contributed by atoms with Crippen LogP contribution in [-0.4, -0.2) is 0 Å². The fourth-order valence-electron chi connectivity index (χ4n) is 9.26. The van der Waals surface area contributed by atoms with Gasteiger partial charge in [-0.25, -0.2) is 0 Å². The number of furan rings is 2. The van der Waals surface area contributed by atoms with Gasteiger partial charge in [-0.15, -0.1) is 0 Å². The maximum absolute atomic E-state index is 7.20. The topological polar surface area (TPSA) is 26.3 Å². The Kier molecular flexibility index (Phi) is 7.26. The fourth-order valence-corrected chi connectivity index (χ4v) is 9.26. The molecule has 10 aromatic carbocycles. The van der Waals surface area contributed by atoms with Crippen LogP contribution in [0.5, 0.6) is 0 Å². The SMILES string of the molecule is c1ccc(-c2c3ccccc3c(-c3ccc(-c4c5oc(-c6ccc7ccccc7c6)c(-c6ccccc6)c5cc5c4oc4ccccc45)cc3)c3ccccc23)cc1. The molecule has 0 radical (unpaired) electrons. The van der Waals surface area contributed by atoms with E-state index in [0.29, 0.717) is 0 Å². The molecule has 12 aromatic rings. The average Bonchev–Trinajstić information content (AvgIpc) is 3.86. The maximum atomic E-state index is 7.20. The Morgan fingerprint density at radius 1 is 0.241 bits per heavy atom. The molecule has 2 nitrogen and oxygen atoms in total. The van der Waals surface area contributed by atoms with Crippen LogP contribution in [0.3, 0.4) is 0 Å². The Morgan fingerprint density at radius 3 is 1.31 bits per heavy atom. The predicted molar refractivity (Wildman–Crippen MR) is 243 cm³/mol. The van der Waals surface area contributed by atoms with Gasteiger partial charge < -0.3 is 8.83 Å². The Morgan fingerprint density at radius 2 is 0.690 bits per heavy atom. The lowest BCUT2D eigenvalue weighted by molar-refractivity contribution is 0.630. The molecule has 0 spiro atoms. The molecule has 0 unspecified atom stereocenters. The van der Waals surface area contributed by atoms with Crippen molar-refractivity contribution in [1.82, 2.24) is 0 Å². The Bertz CT molecular complexity index is 3480.